The van der Waals surface area contributed by atoms with Crippen molar-refractivity contribution < 1.29 is 19.5 Å². The molecule has 2 N–H and O–H groups in total. The van der Waals surface area contributed by atoms with Crippen LogP contribution < -0.4 is 5.32 Å². The Balaban J connectivity index is 1.30. The average Bonchev–Trinajstić information content (AvgIpc) is 3.00. The highest BCUT2D eigenvalue weighted by molar-refractivity contribution is 5.88. The summed E-state index contributed by atoms with van der Waals surface area (Å²) in [6, 6.07) is -0.729. The standard InChI is InChI=1S/C19H28N2O4/c22-16(20-11-17(23)21-3-1-2-15(21)18(24)25)10-19-7-12-4-13(8-19)6-14(5-12)9-19/h12-15H,1-11H2,(H,20,22)(H,24,25)/t12?,13?,14?,15-,19?/m1/s1. The third-order valence-corrected chi connectivity index (χ3v) is 7.00. The minimum absolute atomic E-state index is 0.0404. The van der Waals surface area contributed by atoms with E-state index in [0.29, 0.717) is 25.8 Å². The summed E-state index contributed by atoms with van der Waals surface area (Å²) in [7, 11) is 0. The van der Waals surface area contributed by atoms with E-state index in [-0.39, 0.29) is 23.8 Å². The number of nitrogens with one attached hydrogen (secondary N) is 1. The lowest BCUT2D eigenvalue weighted by molar-refractivity contribution is -0.148. The number of rotatable bonds is 5. The largest absolute Gasteiger partial charge is 0.480 e. The molecule has 6 nitrogen and oxygen atoms in total. The Morgan fingerprint density at radius 3 is 2.20 bits per heavy atom. The summed E-state index contributed by atoms with van der Waals surface area (Å²) in [5, 5.41) is 11.9. The van der Waals surface area contributed by atoms with E-state index in [0.717, 1.165) is 17.8 Å². The average molecular weight is 348 g/mol. The lowest BCUT2D eigenvalue weighted by atomic mass is 9.49. The molecule has 1 atom stereocenters. The lowest BCUT2D eigenvalue weighted by Gasteiger charge is -2.56. The Kier molecular flexibility index (Phi) is 4.24. The second-order valence-electron chi connectivity index (χ2n) is 8.95. The summed E-state index contributed by atoms with van der Waals surface area (Å²) >= 11 is 0. The molecule has 5 fully saturated rings. The lowest BCUT2D eigenvalue weighted by Crippen LogP contribution is -2.49. The fraction of sp³-hybridized carbons (Fsp3) is 0.842. The van der Waals surface area contributed by atoms with Gasteiger partial charge < -0.3 is 15.3 Å². The van der Waals surface area contributed by atoms with E-state index in [2.05, 4.69) is 5.32 Å². The van der Waals surface area contributed by atoms with Crippen molar-refractivity contribution in [3.05, 3.63) is 0 Å². The molecule has 1 heterocycles. The van der Waals surface area contributed by atoms with Crippen LogP contribution in [0.5, 0.6) is 0 Å². The summed E-state index contributed by atoms with van der Waals surface area (Å²) in [6.07, 6.45) is 9.33. The second-order valence-corrected chi connectivity index (χ2v) is 8.95. The Morgan fingerprint density at radius 2 is 1.64 bits per heavy atom. The molecule has 1 aliphatic heterocycles. The zero-order valence-corrected chi connectivity index (χ0v) is 14.7. The van der Waals surface area contributed by atoms with E-state index in [1.54, 1.807) is 0 Å². The first-order valence-corrected chi connectivity index (χ1v) is 9.73. The van der Waals surface area contributed by atoms with E-state index in [1.807, 2.05) is 0 Å². The number of aliphatic carboxylic acids is 1. The molecule has 2 amide bonds. The smallest absolute Gasteiger partial charge is 0.326 e. The van der Waals surface area contributed by atoms with Crippen LogP contribution >= 0.6 is 0 Å². The molecule has 0 aromatic rings. The Bertz CT molecular complexity index is 553. The predicted molar refractivity (Wildman–Crippen MR) is 90.6 cm³/mol. The highest BCUT2D eigenvalue weighted by atomic mass is 16.4. The fourth-order valence-electron chi connectivity index (χ4n) is 6.51. The van der Waals surface area contributed by atoms with Crippen LogP contribution in [0.4, 0.5) is 0 Å². The van der Waals surface area contributed by atoms with Gasteiger partial charge in [0.05, 0.1) is 6.54 Å². The summed E-state index contributed by atoms with van der Waals surface area (Å²) in [6.45, 7) is 0.398. The van der Waals surface area contributed by atoms with Crippen LogP contribution in [0, 0.1) is 23.2 Å². The van der Waals surface area contributed by atoms with Gasteiger partial charge in [-0.2, -0.15) is 0 Å². The first kappa shape index (κ1) is 16.9. The molecule has 1 saturated heterocycles. The number of hydrogen-bond acceptors (Lipinski definition) is 3. The minimum Gasteiger partial charge on any atom is -0.480 e. The van der Waals surface area contributed by atoms with Gasteiger partial charge in [0, 0.05) is 13.0 Å². The van der Waals surface area contributed by atoms with Crippen molar-refractivity contribution in [3.63, 3.8) is 0 Å². The van der Waals surface area contributed by atoms with E-state index < -0.39 is 12.0 Å². The molecule has 0 aromatic carbocycles. The summed E-state index contributed by atoms with van der Waals surface area (Å²) < 4.78 is 0. The Hall–Kier alpha value is -1.59. The van der Waals surface area contributed by atoms with Crippen molar-refractivity contribution in [1.82, 2.24) is 10.2 Å². The highest BCUT2D eigenvalue weighted by Crippen LogP contribution is 2.61. The molecule has 0 aromatic heterocycles. The molecular weight excluding hydrogens is 320 g/mol. The molecular formula is C19H28N2O4. The van der Waals surface area contributed by atoms with Crippen molar-refractivity contribution in [2.45, 2.75) is 63.8 Å². The van der Waals surface area contributed by atoms with Crippen LogP contribution in [0.2, 0.25) is 0 Å². The molecule has 5 rings (SSSR count). The normalized spacial score (nSPS) is 38.8. The summed E-state index contributed by atoms with van der Waals surface area (Å²) in [5.41, 5.74) is 0.166. The van der Waals surface area contributed by atoms with Gasteiger partial charge in [-0.05, 0) is 74.5 Å². The van der Waals surface area contributed by atoms with Crippen LogP contribution in [0.1, 0.15) is 57.8 Å². The minimum atomic E-state index is -0.953. The third-order valence-electron chi connectivity index (χ3n) is 7.00. The van der Waals surface area contributed by atoms with E-state index >= 15 is 0 Å². The van der Waals surface area contributed by atoms with Crippen molar-refractivity contribution in [3.8, 4) is 0 Å². The van der Waals surface area contributed by atoms with Crippen LogP contribution in [0.15, 0.2) is 0 Å². The monoisotopic (exact) mass is 348 g/mol. The molecule has 4 aliphatic carbocycles. The van der Waals surface area contributed by atoms with Crippen molar-refractivity contribution in [2.75, 3.05) is 13.1 Å². The second kappa shape index (κ2) is 6.29. The topological polar surface area (TPSA) is 86.7 Å². The molecule has 0 radical (unpaired) electrons. The number of carbonyl (C=O) groups is 3. The van der Waals surface area contributed by atoms with Gasteiger partial charge in [0.25, 0.3) is 0 Å². The van der Waals surface area contributed by atoms with Crippen LogP contribution in [-0.2, 0) is 14.4 Å². The van der Waals surface area contributed by atoms with Crippen molar-refractivity contribution in [2.24, 2.45) is 23.2 Å². The number of hydrogen-bond donors (Lipinski definition) is 2. The van der Waals surface area contributed by atoms with Gasteiger partial charge in [0.1, 0.15) is 6.04 Å². The molecule has 25 heavy (non-hydrogen) atoms. The Labute approximate surface area is 148 Å². The zero-order valence-electron chi connectivity index (χ0n) is 14.7. The number of nitrogens with zero attached hydrogens (tertiary/aromatic N) is 1. The molecule has 6 heteroatoms. The van der Waals surface area contributed by atoms with Crippen LogP contribution in [0.3, 0.4) is 0 Å². The van der Waals surface area contributed by atoms with Crippen molar-refractivity contribution >= 4 is 17.8 Å². The van der Waals surface area contributed by atoms with Gasteiger partial charge in [-0.3, -0.25) is 9.59 Å². The van der Waals surface area contributed by atoms with Crippen LogP contribution in [-0.4, -0.2) is 46.9 Å². The maximum atomic E-state index is 12.5. The fourth-order valence-corrected chi connectivity index (χ4v) is 6.51. The van der Waals surface area contributed by atoms with Gasteiger partial charge in [-0.1, -0.05) is 0 Å². The van der Waals surface area contributed by atoms with Crippen LogP contribution in [0.25, 0.3) is 0 Å². The van der Waals surface area contributed by atoms with E-state index in [9.17, 15) is 19.5 Å². The zero-order chi connectivity index (χ0) is 17.6. The molecule has 0 spiro atoms. The first-order chi connectivity index (χ1) is 11.9. The summed E-state index contributed by atoms with van der Waals surface area (Å²) in [5.74, 6) is 1.15. The highest BCUT2D eigenvalue weighted by Gasteiger charge is 2.51. The maximum absolute atomic E-state index is 12.5. The summed E-state index contributed by atoms with van der Waals surface area (Å²) in [4.78, 5) is 37.3. The van der Waals surface area contributed by atoms with Gasteiger partial charge in [0.2, 0.25) is 11.8 Å². The van der Waals surface area contributed by atoms with Gasteiger partial charge in [-0.25, -0.2) is 4.79 Å². The number of amides is 2. The predicted octanol–water partition coefficient (Wildman–Crippen LogP) is 1.78. The number of carbonyl (C=O) groups excluding carboxylic acids is 2. The molecule has 138 valence electrons. The number of likely N-dealkylation sites (tertiary alicyclic amines) is 1. The van der Waals surface area contributed by atoms with Gasteiger partial charge in [0.15, 0.2) is 0 Å². The number of carboxylic acids is 1. The van der Waals surface area contributed by atoms with Crippen molar-refractivity contribution in [1.29, 1.82) is 0 Å². The van der Waals surface area contributed by atoms with E-state index in [1.165, 1.54) is 43.4 Å². The van der Waals surface area contributed by atoms with E-state index in [4.69, 9.17) is 0 Å². The van der Waals surface area contributed by atoms with Gasteiger partial charge in [-0.15, -0.1) is 0 Å². The maximum Gasteiger partial charge on any atom is 0.326 e. The first-order valence-electron chi connectivity index (χ1n) is 9.73. The quantitative estimate of drug-likeness (QED) is 0.793. The molecule has 0 unspecified atom stereocenters. The third kappa shape index (κ3) is 3.27. The van der Waals surface area contributed by atoms with Gasteiger partial charge >= 0.3 is 5.97 Å². The molecule has 4 saturated carbocycles. The SMILES string of the molecule is O=C(CC12CC3CC(CC(C3)C1)C2)NCC(=O)N1CCC[C@@H]1C(=O)O. The molecule has 5 aliphatic rings. The Morgan fingerprint density at radius 1 is 1.04 bits per heavy atom. The number of carboxylic acid groups (broad SMARTS) is 1. The molecule has 4 bridgehead atoms.